The molecule has 1 heterocycles. The van der Waals surface area contributed by atoms with Crippen LogP contribution in [0.25, 0.3) is 0 Å². The first-order valence-electron chi connectivity index (χ1n) is 6.29. The van der Waals surface area contributed by atoms with Gasteiger partial charge in [-0.05, 0) is 38.5 Å². The minimum atomic E-state index is -0.598. The summed E-state index contributed by atoms with van der Waals surface area (Å²) in [6.45, 7) is 1.89. The van der Waals surface area contributed by atoms with Gasteiger partial charge in [0.05, 0.1) is 0 Å². The number of carbonyl (C=O) groups is 2. The van der Waals surface area contributed by atoms with Crippen LogP contribution in [0.15, 0.2) is 0 Å². The Labute approximate surface area is 95.4 Å². The molecule has 0 aromatic carbocycles. The molecule has 1 saturated heterocycles. The normalized spacial score (nSPS) is 35.9. The molecule has 3 fully saturated rings. The third kappa shape index (κ3) is 1.28. The van der Waals surface area contributed by atoms with Crippen molar-refractivity contribution in [2.24, 2.45) is 5.92 Å². The first-order valence-corrected chi connectivity index (χ1v) is 6.29. The van der Waals surface area contributed by atoms with Crippen molar-refractivity contribution in [1.82, 2.24) is 10.2 Å². The Morgan fingerprint density at radius 1 is 1.19 bits per heavy atom. The van der Waals surface area contributed by atoms with E-state index < -0.39 is 5.54 Å². The van der Waals surface area contributed by atoms with Gasteiger partial charge in [-0.3, -0.25) is 9.69 Å². The van der Waals surface area contributed by atoms with Crippen LogP contribution < -0.4 is 5.32 Å². The van der Waals surface area contributed by atoms with E-state index in [1.54, 1.807) is 0 Å². The molecule has 0 aromatic heterocycles. The number of carbonyl (C=O) groups excluding carboxylic acids is 2. The summed E-state index contributed by atoms with van der Waals surface area (Å²) < 4.78 is 0. The van der Waals surface area contributed by atoms with Gasteiger partial charge in [0.25, 0.3) is 5.91 Å². The van der Waals surface area contributed by atoms with Crippen molar-refractivity contribution in [3.63, 3.8) is 0 Å². The van der Waals surface area contributed by atoms with Gasteiger partial charge in [-0.25, -0.2) is 4.79 Å². The van der Waals surface area contributed by atoms with E-state index >= 15 is 0 Å². The zero-order chi connectivity index (χ0) is 11.3. The molecule has 1 aliphatic heterocycles. The lowest BCUT2D eigenvalue weighted by atomic mass is 9.95. The molecule has 88 valence electrons. The predicted octanol–water partition coefficient (Wildman–Crippen LogP) is 1.65. The Balaban J connectivity index is 1.84. The van der Waals surface area contributed by atoms with E-state index in [1.807, 2.05) is 6.92 Å². The van der Waals surface area contributed by atoms with Gasteiger partial charge in [-0.1, -0.05) is 12.8 Å². The van der Waals surface area contributed by atoms with Gasteiger partial charge in [0.2, 0.25) is 0 Å². The molecule has 3 aliphatic rings. The third-order valence-corrected chi connectivity index (χ3v) is 4.33. The molecule has 1 N–H and O–H groups in total. The van der Waals surface area contributed by atoms with Crippen LogP contribution in [0.1, 0.15) is 45.4 Å². The van der Waals surface area contributed by atoms with E-state index in [4.69, 9.17) is 0 Å². The second-order valence-electron chi connectivity index (χ2n) is 5.52. The van der Waals surface area contributed by atoms with Crippen molar-refractivity contribution in [2.75, 3.05) is 0 Å². The number of urea groups is 1. The highest BCUT2D eigenvalue weighted by Gasteiger charge is 2.57. The summed E-state index contributed by atoms with van der Waals surface area (Å²) >= 11 is 0. The van der Waals surface area contributed by atoms with Crippen LogP contribution in [0.5, 0.6) is 0 Å². The summed E-state index contributed by atoms with van der Waals surface area (Å²) in [6, 6.07) is -0.000579. The molecule has 0 radical (unpaired) electrons. The molecule has 3 amide bonds. The number of imide groups is 1. The van der Waals surface area contributed by atoms with E-state index in [0.717, 1.165) is 38.5 Å². The van der Waals surface area contributed by atoms with Crippen LogP contribution in [0.4, 0.5) is 4.79 Å². The monoisotopic (exact) mass is 222 g/mol. The summed E-state index contributed by atoms with van der Waals surface area (Å²) in [4.78, 5) is 25.8. The van der Waals surface area contributed by atoms with Gasteiger partial charge in [0, 0.05) is 6.04 Å². The van der Waals surface area contributed by atoms with Gasteiger partial charge < -0.3 is 5.32 Å². The van der Waals surface area contributed by atoms with E-state index in [2.05, 4.69) is 5.32 Å². The third-order valence-electron chi connectivity index (χ3n) is 4.33. The fourth-order valence-electron chi connectivity index (χ4n) is 3.11. The Morgan fingerprint density at radius 3 is 2.38 bits per heavy atom. The molecule has 1 atom stereocenters. The summed E-state index contributed by atoms with van der Waals surface area (Å²) in [6.07, 6.45) is 6.39. The van der Waals surface area contributed by atoms with E-state index in [0.29, 0.717) is 5.92 Å². The Hall–Kier alpha value is -1.06. The van der Waals surface area contributed by atoms with Crippen LogP contribution in [0, 0.1) is 5.92 Å². The van der Waals surface area contributed by atoms with Gasteiger partial charge in [-0.15, -0.1) is 0 Å². The Morgan fingerprint density at radius 2 is 1.81 bits per heavy atom. The van der Waals surface area contributed by atoms with Crippen LogP contribution in [0.2, 0.25) is 0 Å². The molecule has 16 heavy (non-hydrogen) atoms. The predicted molar refractivity (Wildman–Crippen MR) is 58.8 cm³/mol. The first kappa shape index (κ1) is 10.1. The topological polar surface area (TPSA) is 49.4 Å². The minimum Gasteiger partial charge on any atom is -0.323 e. The molecule has 3 rings (SSSR count). The molecule has 0 bridgehead atoms. The lowest BCUT2D eigenvalue weighted by Gasteiger charge is -2.24. The first-order chi connectivity index (χ1) is 7.63. The van der Waals surface area contributed by atoms with Crippen LogP contribution in [-0.4, -0.2) is 28.4 Å². The second kappa shape index (κ2) is 3.22. The molecule has 0 spiro atoms. The van der Waals surface area contributed by atoms with Gasteiger partial charge in [-0.2, -0.15) is 0 Å². The lowest BCUT2D eigenvalue weighted by molar-refractivity contribution is -0.132. The van der Waals surface area contributed by atoms with Crippen molar-refractivity contribution in [2.45, 2.75) is 57.0 Å². The van der Waals surface area contributed by atoms with E-state index in [-0.39, 0.29) is 18.0 Å². The number of hydrogen-bond acceptors (Lipinski definition) is 2. The average Bonchev–Trinajstić information content (AvgIpc) is 2.92. The number of nitrogens with zero attached hydrogens (tertiary/aromatic N) is 1. The Bertz CT molecular complexity index is 345. The highest BCUT2D eigenvalue weighted by molar-refractivity contribution is 6.07. The maximum Gasteiger partial charge on any atom is 0.325 e. The molecule has 1 unspecified atom stereocenters. The highest BCUT2D eigenvalue weighted by atomic mass is 16.2. The summed E-state index contributed by atoms with van der Waals surface area (Å²) in [5, 5.41) is 2.91. The second-order valence-corrected chi connectivity index (χ2v) is 5.52. The van der Waals surface area contributed by atoms with Crippen molar-refractivity contribution in [1.29, 1.82) is 0 Å². The molecular formula is C12H18N2O2. The maximum absolute atomic E-state index is 12.3. The molecule has 2 saturated carbocycles. The average molecular weight is 222 g/mol. The summed E-state index contributed by atoms with van der Waals surface area (Å²) in [5.74, 6) is 0.391. The zero-order valence-corrected chi connectivity index (χ0v) is 9.66. The fourth-order valence-corrected chi connectivity index (χ4v) is 3.11. The highest BCUT2D eigenvalue weighted by Crippen LogP contribution is 2.43. The number of hydrogen-bond donors (Lipinski definition) is 1. The van der Waals surface area contributed by atoms with Crippen LogP contribution >= 0.6 is 0 Å². The number of amides is 3. The van der Waals surface area contributed by atoms with Crippen molar-refractivity contribution < 1.29 is 9.59 Å². The van der Waals surface area contributed by atoms with Crippen molar-refractivity contribution >= 4 is 11.9 Å². The van der Waals surface area contributed by atoms with Crippen LogP contribution in [-0.2, 0) is 4.79 Å². The quantitative estimate of drug-likeness (QED) is 0.722. The maximum atomic E-state index is 12.3. The minimum absolute atomic E-state index is 0.0203. The molecule has 0 aromatic rings. The summed E-state index contributed by atoms with van der Waals surface area (Å²) in [7, 11) is 0. The molecule has 4 heteroatoms. The van der Waals surface area contributed by atoms with Gasteiger partial charge in [0.1, 0.15) is 5.54 Å². The van der Waals surface area contributed by atoms with E-state index in [9.17, 15) is 9.59 Å². The number of nitrogens with one attached hydrogen (secondary N) is 1. The van der Waals surface area contributed by atoms with Gasteiger partial charge >= 0.3 is 6.03 Å². The van der Waals surface area contributed by atoms with Crippen molar-refractivity contribution in [3.05, 3.63) is 0 Å². The lowest BCUT2D eigenvalue weighted by Crippen LogP contribution is -2.46. The largest absolute Gasteiger partial charge is 0.325 e. The molecule has 2 aliphatic carbocycles. The smallest absolute Gasteiger partial charge is 0.323 e. The molecular weight excluding hydrogens is 204 g/mol. The van der Waals surface area contributed by atoms with Gasteiger partial charge in [0.15, 0.2) is 0 Å². The van der Waals surface area contributed by atoms with Crippen molar-refractivity contribution in [3.8, 4) is 0 Å². The Kier molecular flexibility index (Phi) is 2.03. The SMILES string of the molecule is CC1(C2CC2)NC(=O)N(C2CCCC2)C1=O. The standard InChI is InChI=1S/C12H18N2O2/c1-12(8-6-7-8)10(15)14(11(16)13-12)9-4-2-3-5-9/h8-9H,2-7H2,1H3,(H,13,16). The van der Waals surface area contributed by atoms with Crippen LogP contribution in [0.3, 0.4) is 0 Å². The van der Waals surface area contributed by atoms with E-state index in [1.165, 1.54) is 4.90 Å². The zero-order valence-electron chi connectivity index (χ0n) is 9.66. The number of rotatable bonds is 2. The molecule has 4 nitrogen and oxygen atoms in total. The fraction of sp³-hybridized carbons (Fsp3) is 0.833. The summed E-state index contributed by atoms with van der Waals surface area (Å²) in [5.41, 5.74) is -0.598.